The SMILES string of the molecule is CC=C(C)C(=O)OCC(O)(CO)c1ccc(C)cc1O. The summed E-state index contributed by atoms with van der Waals surface area (Å²) in [5.41, 5.74) is -0.496. The number of ether oxygens (including phenoxy) is 1. The maximum Gasteiger partial charge on any atom is 0.333 e. The van der Waals surface area contributed by atoms with Crippen molar-refractivity contribution < 1.29 is 24.9 Å². The maximum atomic E-state index is 11.6. The first kappa shape index (κ1) is 16.2. The van der Waals surface area contributed by atoms with Gasteiger partial charge in [0.1, 0.15) is 18.0 Å². The lowest BCUT2D eigenvalue weighted by Crippen LogP contribution is -2.36. The molecule has 1 aromatic carbocycles. The number of hydrogen-bond donors (Lipinski definition) is 3. The Hall–Kier alpha value is -1.85. The Balaban J connectivity index is 2.94. The number of esters is 1. The molecule has 110 valence electrons. The van der Waals surface area contributed by atoms with Crippen LogP contribution in [0.4, 0.5) is 0 Å². The predicted octanol–water partition coefficient (Wildman–Crippen LogP) is 1.39. The molecule has 0 radical (unpaired) electrons. The molecule has 0 aliphatic heterocycles. The number of allylic oxidation sites excluding steroid dienone is 1. The molecule has 1 unspecified atom stereocenters. The van der Waals surface area contributed by atoms with E-state index in [9.17, 15) is 20.1 Å². The van der Waals surface area contributed by atoms with Crippen LogP contribution in [0.25, 0.3) is 0 Å². The average Bonchev–Trinajstić information content (AvgIpc) is 2.43. The molecule has 1 aromatic rings. The Bertz CT molecular complexity index is 521. The number of phenols is 1. The molecule has 1 atom stereocenters. The molecular formula is C15H20O5. The molecule has 0 amide bonds. The van der Waals surface area contributed by atoms with E-state index < -0.39 is 24.8 Å². The third kappa shape index (κ3) is 3.59. The van der Waals surface area contributed by atoms with Crippen LogP contribution in [0.15, 0.2) is 29.8 Å². The molecule has 0 saturated heterocycles. The number of carbonyl (C=O) groups excluding carboxylic acids is 1. The van der Waals surface area contributed by atoms with E-state index in [1.54, 1.807) is 32.9 Å². The minimum absolute atomic E-state index is 0.122. The zero-order chi connectivity index (χ0) is 15.3. The van der Waals surface area contributed by atoms with Crippen LogP contribution in [0.3, 0.4) is 0 Å². The van der Waals surface area contributed by atoms with Gasteiger partial charge in [0, 0.05) is 11.1 Å². The van der Waals surface area contributed by atoms with Crippen molar-refractivity contribution in [3.8, 4) is 5.75 Å². The first-order valence-electron chi connectivity index (χ1n) is 6.27. The quantitative estimate of drug-likeness (QED) is 0.560. The Morgan fingerprint density at radius 3 is 2.60 bits per heavy atom. The van der Waals surface area contributed by atoms with Crippen molar-refractivity contribution in [1.29, 1.82) is 0 Å². The molecule has 1 rings (SSSR count). The van der Waals surface area contributed by atoms with Gasteiger partial charge in [-0.1, -0.05) is 18.2 Å². The standard InChI is InChI=1S/C15H20O5/c1-4-11(3)14(18)20-9-15(19,8-16)12-6-5-10(2)7-13(12)17/h4-7,16-17,19H,8-9H2,1-3H3. The van der Waals surface area contributed by atoms with Gasteiger partial charge in [-0.05, 0) is 32.4 Å². The number of aliphatic hydroxyl groups excluding tert-OH is 1. The summed E-state index contributed by atoms with van der Waals surface area (Å²) in [4.78, 5) is 11.6. The topological polar surface area (TPSA) is 87.0 Å². The van der Waals surface area contributed by atoms with Crippen LogP contribution < -0.4 is 0 Å². The van der Waals surface area contributed by atoms with E-state index in [4.69, 9.17) is 4.74 Å². The fourth-order valence-electron chi connectivity index (χ4n) is 1.66. The van der Waals surface area contributed by atoms with Crippen LogP contribution in [0.2, 0.25) is 0 Å². The molecule has 0 heterocycles. The molecule has 0 fully saturated rings. The Morgan fingerprint density at radius 1 is 1.45 bits per heavy atom. The normalized spacial score (nSPS) is 14.8. The van der Waals surface area contributed by atoms with Gasteiger partial charge in [-0.2, -0.15) is 0 Å². The van der Waals surface area contributed by atoms with Gasteiger partial charge in [-0.15, -0.1) is 0 Å². The second kappa shape index (κ2) is 6.54. The highest BCUT2D eigenvalue weighted by molar-refractivity contribution is 5.87. The van der Waals surface area contributed by atoms with Crippen molar-refractivity contribution in [3.63, 3.8) is 0 Å². The molecular weight excluding hydrogens is 260 g/mol. The monoisotopic (exact) mass is 280 g/mol. The summed E-state index contributed by atoms with van der Waals surface area (Å²) < 4.78 is 4.96. The summed E-state index contributed by atoms with van der Waals surface area (Å²) in [6.45, 7) is 3.96. The molecule has 5 heteroatoms. The lowest BCUT2D eigenvalue weighted by Gasteiger charge is -2.26. The molecule has 20 heavy (non-hydrogen) atoms. The third-order valence-electron chi connectivity index (χ3n) is 3.11. The molecule has 0 spiro atoms. The van der Waals surface area contributed by atoms with E-state index in [0.717, 1.165) is 5.56 Å². The van der Waals surface area contributed by atoms with Crippen LogP contribution in [-0.2, 0) is 15.1 Å². The number of aromatic hydroxyl groups is 1. The number of benzene rings is 1. The van der Waals surface area contributed by atoms with Crippen LogP contribution in [0.1, 0.15) is 25.0 Å². The van der Waals surface area contributed by atoms with E-state index in [1.165, 1.54) is 12.1 Å². The molecule has 0 bridgehead atoms. The van der Waals surface area contributed by atoms with Gasteiger partial charge in [0.25, 0.3) is 0 Å². The highest BCUT2D eigenvalue weighted by Crippen LogP contribution is 2.30. The fraction of sp³-hybridized carbons (Fsp3) is 0.400. The lowest BCUT2D eigenvalue weighted by atomic mass is 9.93. The summed E-state index contributed by atoms with van der Waals surface area (Å²) in [5.74, 6) is -0.730. The van der Waals surface area contributed by atoms with E-state index >= 15 is 0 Å². The summed E-state index contributed by atoms with van der Waals surface area (Å²) in [6, 6.07) is 4.65. The number of aliphatic hydroxyl groups is 2. The van der Waals surface area contributed by atoms with Crippen molar-refractivity contribution in [3.05, 3.63) is 41.0 Å². The zero-order valence-corrected chi connectivity index (χ0v) is 11.9. The maximum absolute atomic E-state index is 11.6. The zero-order valence-electron chi connectivity index (χ0n) is 11.9. The third-order valence-corrected chi connectivity index (χ3v) is 3.11. The van der Waals surface area contributed by atoms with E-state index in [-0.39, 0.29) is 11.3 Å². The van der Waals surface area contributed by atoms with Crippen molar-refractivity contribution >= 4 is 5.97 Å². The summed E-state index contributed by atoms with van der Waals surface area (Å²) in [5, 5.41) is 29.6. The van der Waals surface area contributed by atoms with Crippen molar-refractivity contribution in [2.24, 2.45) is 0 Å². The van der Waals surface area contributed by atoms with Gasteiger partial charge in [-0.3, -0.25) is 0 Å². The molecule has 0 aromatic heterocycles. The van der Waals surface area contributed by atoms with Gasteiger partial charge in [0.15, 0.2) is 0 Å². The van der Waals surface area contributed by atoms with Gasteiger partial charge in [-0.25, -0.2) is 4.79 Å². The van der Waals surface area contributed by atoms with Gasteiger partial charge >= 0.3 is 5.97 Å². The van der Waals surface area contributed by atoms with Crippen LogP contribution in [0, 0.1) is 6.92 Å². The lowest BCUT2D eigenvalue weighted by molar-refractivity contribution is -0.150. The predicted molar refractivity (Wildman–Crippen MR) is 74.2 cm³/mol. The second-order valence-corrected chi connectivity index (χ2v) is 4.76. The van der Waals surface area contributed by atoms with Crippen LogP contribution >= 0.6 is 0 Å². The molecule has 0 aliphatic carbocycles. The largest absolute Gasteiger partial charge is 0.508 e. The summed E-state index contributed by atoms with van der Waals surface area (Å²) in [7, 11) is 0. The van der Waals surface area contributed by atoms with Gasteiger partial charge in [0.05, 0.1) is 6.61 Å². The van der Waals surface area contributed by atoms with Crippen molar-refractivity contribution in [2.75, 3.05) is 13.2 Å². The molecule has 0 aliphatic rings. The number of carbonyl (C=O) groups is 1. The minimum atomic E-state index is -1.83. The smallest absolute Gasteiger partial charge is 0.333 e. The van der Waals surface area contributed by atoms with Crippen LogP contribution in [-0.4, -0.2) is 34.5 Å². The van der Waals surface area contributed by atoms with E-state index in [1.807, 2.05) is 0 Å². The summed E-state index contributed by atoms with van der Waals surface area (Å²) >= 11 is 0. The molecule has 0 saturated carbocycles. The fourth-order valence-corrected chi connectivity index (χ4v) is 1.66. The highest BCUT2D eigenvalue weighted by Gasteiger charge is 2.33. The Morgan fingerprint density at radius 2 is 2.10 bits per heavy atom. The molecule has 5 nitrogen and oxygen atoms in total. The summed E-state index contributed by atoms with van der Waals surface area (Å²) in [6.07, 6.45) is 1.59. The number of aryl methyl sites for hydroxylation is 1. The number of rotatable bonds is 5. The number of phenolic OH excluding ortho intramolecular Hbond substituents is 1. The Labute approximate surface area is 118 Å². The first-order chi connectivity index (χ1) is 9.34. The number of hydrogen-bond acceptors (Lipinski definition) is 5. The second-order valence-electron chi connectivity index (χ2n) is 4.76. The van der Waals surface area contributed by atoms with Crippen molar-refractivity contribution in [2.45, 2.75) is 26.4 Å². The van der Waals surface area contributed by atoms with E-state index in [0.29, 0.717) is 5.57 Å². The van der Waals surface area contributed by atoms with E-state index in [2.05, 4.69) is 0 Å². The van der Waals surface area contributed by atoms with Crippen LogP contribution in [0.5, 0.6) is 5.75 Å². The van der Waals surface area contributed by atoms with Crippen molar-refractivity contribution in [1.82, 2.24) is 0 Å². The van der Waals surface area contributed by atoms with Gasteiger partial charge in [0.2, 0.25) is 0 Å². The minimum Gasteiger partial charge on any atom is -0.508 e. The highest BCUT2D eigenvalue weighted by atomic mass is 16.5. The molecule has 3 N–H and O–H groups in total. The average molecular weight is 280 g/mol. The Kier molecular flexibility index (Phi) is 5.30. The first-order valence-corrected chi connectivity index (χ1v) is 6.27. The van der Waals surface area contributed by atoms with Gasteiger partial charge < -0.3 is 20.1 Å².